The average Bonchev–Trinajstić information content (AvgIpc) is 2.93. The Labute approximate surface area is 118 Å². The zero-order chi connectivity index (χ0) is 14.4. The predicted octanol–water partition coefficient (Wildman–Crippen LogP) is 0.621. The van der Waals surface area contributed by atoms with Gasteiger partial charge in [0.15, 0.2) is 0 Å². The number of amides is 2. The number of likely N-dealkylation sites (N-methyl/N-ethyl adjacent to an activating group) is 1. The van der Waals surface area contributed by atoms with E-state index in [0.717, 1.165) is 25.9 Å². The van der Waals surface area contributed by atoms with Crippen molar-refractivity contribution in [3.63, 3.8) is 0 Å². The third kappa shape index (κ3) is 3.77. The van der Waals surface area contributed by atoms with E-state index < -0.39 is 11.8 Å². The van der Waals surface area contributed by atoms with E-state index in [0.29, 0.717) is 18.3 Å². The van der Waals surface area contributed by atoms with Gasteiger partial charge in [0.2, 0.25) is 0 Å². The molecule has 2 rings (SSSR count). The molecule has 1 saturated heterocycles. The Hall–Kier alpha value is -1.95. The highest BCUT2D eigenvalue weighted by Crippen LogP contribution is 2.15. The van der Waals surface area contributed by atoms with Crippen LogP contribution >= 0.6 is 0 Å². The molecule has 1 aliphatic heterocycles. The Kier molecular flexibility index (Phi) is 5.06. The fourth-order valence-electron chi connectivity index (χ4n) is 2.46. The molecule has 0 spiro atoms. The van der Waals surface area contributed by atoms with E-state index in [4.69, 9.17) is 0 Å². The monoisotopic (exact) mass is 276 g/mol. The molecular formula is C14H20N4O2. The second kappa shape index (κ2) is 7.00. The summed E-state index contributed by atoms with van der Waals surface area (Å²) in [5.41, 5.74) is 0.517. The maximum Gasteiger partial charge on any atom is 0.313 e. The van der Waals surface area contributed by atoms with Crippen molar-refractivity contribution in [1.82, 2.24) is 15.2 Å². The minimum absolute atomic E-state index is 0.343. The van der Waals surface area contributed by atoms with Gasteiger partial charge in [-0.25, -0.2) is 0 Å². The zero-order valence-corrected chi connectivity index (χ0v) is 11.6. The third-order valence-electron chi connectivity index (χ3n) is 3.53. The van der Waals surface area contributed by atoms with Crippen LogP contribution in [-0.4, -0.2) is 47.4 Å². The highest BCUT2D eigenvalue weighted by atomic mass is 16.2. The van der Waals surface area contributed by atoms with Crippen molar-refractivity contribution < 1.29 is 9.59 Å². The second-order valence-corrected chi connectivity index (χ2v) is 4.83. The van der Waals surface area contributed by atoms with E-state index in [1.165, 1.54) is 6.20 Å². The molecule has 1 aromatic rings. The summed E-state index contributed by atoms with van der Waals surface area (Å²) in [6.45, 7) is 4.67. The first kappa shape index (κ1) is 14.5. The van der Waals surface area contributed by atoms with Gasteiger partial charge < -0.3 is 10.6 Å². The van der Waals surface area contributed by atoms with Crippen molar-refractivity contribution in [2.24, 2.45) is 0 Å². The Morgan fingerprint density at radius 2 is 2.30 bits per heavy atom. The van der Waals surface area contributed by atoms with Crippen molar-refractivity contribution in [3.05, 3.63) is 24.5 Å². The molecule has 1 unspecified atom stereocenters. The van der Waals surface area contributed by atoms with Crippen LogP contribution in [0.3, 0.4) is 0 Å². The molecule has 6 heteroatoms. The van der Waals surface area contributed by atoms with Crippen molar-refractivity contribution in [2.45, 2.75) is 25.8 Å². The van der Waals surface area contributed by atoms with E-state index in [1.54, 1.807) is 18.3 Å². The lowest BCUT2D eigenvalue weighted by molar-refractivity contribution is -0.136. The molecule has 1 aliphatic rings. The minimum Gasteiger partial charge on any atom is -0.346 e. The number of hydrogen-bond donors (Lipinski definition) is 2. The summed E-state index contributed by atoms with van der Waals surface area (Å²) in [4.78, 5) is 29.6. The van der Waals surface area contributed by atoms with Gasteiger partial charge >= 0.3 is 11.8 Å². The quantitative estimate of drug-likeness (QED) is 0.791. The minimum atomic E-state index is -0.654. The van der Waals surface area contributed by atoms with Crippen LogP contribution < -0.4 is 10.6 Å². The summed E-state index contributed by atoms with van der Waals surface area (Å²) in [5, 5.41) is 5.21. The van der Waals surface area contributed by atoms with Gasteiger partial charge in [-0.15, -0.1) is 0 Å². The smallest absolute Gasteiger partial charge is 0.313 e. The van der Waals surface area contributed by atoms with Gasteiger partial charge in [-0.3, -0.25) is 19.5 Å². The highest BCUT2D eigenvalue weighted by molar-refractivity contribution is 6.39. The first-order chi connectivity index (χ1) is 9.70. The maximum absolute atomic E-state index is 11.7. The lowest BCUT2D eigenvalue weighted by atomic mass is 10.2. The Morgan fingerprint density at radius 1 is 1.45 bits per heavy atom. The predicted molar refractivity (Wildman–Crippen MR) is 76.1 cm³/mol. The molecule has 108 valence electrons. The third-order valence-corrected chi connectivity index (χ3v) is 3.53. The molecule has 2 amide bonds. The van der Waals surface area contributed by atoms with E-state index in [2.05, 4.69) is 27.4 Å². The molecule has 2 N–H and O–H groups in total. The van der Waals surface area contributed by atoms with Crippen LogP contribution in [0, 0.1) is 0 Å². The van der Waals surface area contributed by atoms with Crippen molar-refractivity contribution >= 4 is 17.5 Å². The van der Waals surface area contributed by atoms with Crippen LogP contribution in [0.2, 0.25) is 0 Å². The van der Waals surface area contributed by atoms with Crippen molar-refractivity contribution in [2.75, 3.05) is 25.0 Å². The van der Waals surface area contributed by atoms with Crippen LogP contribution in [0.5, 0.6) is 0 Å². The lowest BCUT2D eigenvalue weighted by Crippen LogP contribution is -2.43. The number of nitrogens with zero attached hydrogens (tertiary/aromatic N) is 2. The summed E-state index contributed by atoms with van der Waals surface area (Å²) in [5.74, 6) is -1.25. The molecule has 0 saturated carbocycles. The fraction of sp³-hybridized carbons (Fsp3) is 0.500. The van der Waals surface area contributed by atoms with Gasteiger partial charge in [0.05, 0.1) is 11.9 Å². The molecule has 2 heterocycles. The molecule has 1 atom stereocenters. The maximum atomic E-state index is 11.7. The van der Waals surface area contributed by atoms with Crippen LogP contribution in [0.1, 0.15) is 19.8 Å². The van der Waals surface area contributed by atoms with E-state index >= 15 is 0 Å². The Morgan fingerprint density at radius 3 is 3.00 bits per heavy atom. The van der Waals surface area contributed by atoms with Crippen molar-refractivity contribution in [3.8, 4) is 0 Å². The molecule has 0 aromatic carbocycles. The van der Waals surface area contributed by atoms with Crippen molar-refractivity contribution in [1.29, 1.82) is 0 Å². The number of rotatable bonds is 4. The first-order valence-corrected chi connectivity index (χ1v) is 6.94. The van der Waals surface area contributed by atoms with Gasteiger partial charge in [0.1, 0.15) is 0 Å². The van der Waals surface area contributed by atoms with E-state index in [-0.39, 0.29) is 0 Å². The van der Waals surface area contributed by atoms with Gasteiger partial charge in [-0.1, -0.05) is 6.92 Å². The number of aromatic nitrogens is 1. The number of hydrogen-bond acceptors (Lipinski definition) is 4. The number of carbonyl (C=O) groups is 2. The molecule has 1 fully saturated rings. The topological polar surface area (TPSA) is 74.3 Å². The number of anilines is 1. The highest BCUT2D eigenvalue weighted by Gasteiger charge is 2.24. The largest absolute Gasteiger partial charge is 0.346 e. The Bertz CT molecular complexity index is 464. The average molecular weight is 276 g/mol. The molecule has 1 aromatic heterocycles. The molecule has 0 bridgehead atoms. The van der Waals surface area contributed by atoms with E-state index in [1.807, 2.05) is 0 Å². The van der Waals surface area contributed by atoms with Gasteiger partial charge in [-0.05, 0) is 38.1 Å². The number of carbonyl (C=O) groups excluding carboxylic acids is 2. The fourth-order valence-corrected chi connectivity index (χ4v) is 2.46. The molecule has 20 heavy (non-hydrogen) atoms. The SMILES string of the molecule is CCN1CCCC1CNC(=O)C(=O)Nc1cccnc1. The van der Waals surface area contributed by atoms with E-state index in [9.17, 15) is 9.59 Å². The van der Waals surface area contributed by atoms with Crippen LogP contribution in [0.25, 0.3) is 0 Å². The van der Waals surface area contributed by atoms with Gasteiger partial charge in [-0.2, -0.15) is 0 Å². The summed E-state index contributed by atoms with van der Waals surface area (Å²) >= 11 is 0. The Balaban J connectivity index is 1.78. The molecule has 6 nitrogen and oxygen atoms in total. The zero-order valence-electron chi connectivity index (χ0n) is 11.6. The summed E-state index contributed by atoms with van der Waals surface area (Å²) in [6, 6.07) is 3.73. The summed E-state index contributed by atoms with van der Waals surface area (Å²) in [7, 11) is 0. The van der Waals surface area contributed by atoms with Gasteiger partial charge in [0.25, 0.3) is 0 Å². The molecule has 0 aliphatic carbocycles. The van der Waals surface area contributed by atoms with Crippen LogP contribution in [-0.2, 0) is 9.59 Å². The summed E-state index contributed by atoms with van der Waals surface area (Å²) in [6.07, 6.45) is 5.32. The number of pyridine rings is 1. The lowest BCUT2D eigenvalue weighted by Gasteiger charge is -2.22. The van der Waals surface area contributed by atoms with Crippen LogP contribution in [0.15, 0.2) is 24.5 Å². The van der Waals surface area contributed by atoms with Gasteiger partial charge in [0, 0.05) is 18.8 Å². The molecule has 0 radical (unpaired) electrons. The second-order valence-electron chi connectivity index (χ2n) is 4.83. The normalized spacial score (nSPS) is 18.8. The van der Waals surface area contributed by atoms with Crippen LogP contribution in [0.4, 0.5) is 5.69 Å². The standard InChI is InChI=1S/C14H20N4O2/c1-2-18-8-4-6-12(18)10-16-13(19)14(20)17-11-5-3-7-15-9-11/h3,5,7,9,12H,2,4,6,8,10H2,1H3,(H,16,19)(H,17,20). The number of likely N-dealkylation sites (tertiary alicyclic amines) is 1. The first-order valence-electron chi connectivity index (χ1n) is 6.94. The molecular weight excluding hydrogens is 256 g/mol. The number of nitrogens with one attached hydrogen (secondary N) is 2. The summed E-state index contributed by atoms with van der Waals surface area (Å²) < 4.78 is 0.